The highest BCUT2D eigenvalue weighted by Gasteiger charge is 2.13. The van der Waals surface area contributed by atoms with Gasteiger partial charge >= 0.3 is 0 Å². The van der Waals surface area contributed by atoms with Crippen LogP contribution in [-0.4, -0.2) is 41.5 Å². The number of nitrogens with one attached hydrogen (secondary N) is 1. The number of benzene rings is 3. The van der Waals surface area contributed by atoms with Gasteiger partial charge in [0.05, 0.1) is 0 Å². The van der Waals surface area contributed by atoms with E-state index in [0.717, 1.165) is 28.7 Å². The van der Waals surface area contributed by atoms with Gasteiger partial charge in [0.15, 0.2) is 0 Å². The predicted molar refractivity (Wildman–Crippen MR) is 154 cm³/mol. The molecule has 1 aromatic heterocycles. The van der Waals surface area contributed by atoms with E-state index in [4.69, 9.17) is 5.73 Å². The first kappa shape index (κ1) is 26.9. The molecular weight excluding hydrogens is 494 g/mol. The second kappa shape index (κ2) is 13.4. The Balaban J connectivity index is 1.52. The van der Waals surface area contributed by atoms with Crippen molar-refractivity contribution in [3.05, 3.63) is 118 Å². The van der Waals surface area contributed by atoms with Crippen LogP contribution in [0.2, 0.25) is 0 Å². The van der Waals surface area contributed by atoms with E-state index in [0.29, 0.717) is 31.7 Å². The number of nitrogens with zero attached hydrogens (tertiary/aromatic N) is 1. The van der Waals surface area contributed by atoms with E-state index in [2.05, 4.69) is 17.4 Å². The number of aromatic hydroxyl groups is 1. The fourth-order valence-corrected chi connectivity index (χ4v) is 4.72. The molecule has 0 fully saturated rings. The zero-order chi connectivity index (χ0) is 26.7. The smallest absolute Gasteiger partial charge is 0.251 e. The summed E-state index contributed by atoms with van der Waals surface area (Å²) in [5, 5.41) is 14.4. The molecule has 4 N–H and O–H groups in total. The Morgan fingerprint density at radius 1 is 0.947 bits per heavy atom. The van der Waals surface area contributed by atoms with Crippen LogP contribution in [0.25, 0.3) is 17.2 Å². The van der Waals surface area contributed by atoms with Crippen LogP contribution in [0.1, 0.15) is 26.4 Å². The Morgan fingerprint density at radius 2 is 1.71 bits per heavy atom. The van der Waals surface area contributed by atoms with E-state index in [9.17, 15) is 14.7 Å². The number of nitrogens with two attached hydrogens (primary N) is 1. The lowest BCUT2D eigenvalue weighted by molar-refractivity contribution is -0.126. The molecule has 0 atom stereocenters. The van der Waals surface area contributed by atoms with Crippen molar-refractivity contribution in [2.24, 2.45) is 5.73 Å². The second-order valence-electron chi connectivity index (χ2n) is 8.84. The molecule has 0 aliphatic carbocycles. The van der Waals surface area contributed by atoms with Gasteiger partial charge in [0.2, 0.25) is 5.91 Å². The summed E-state index contributed by atoms with van der Waals surface area (Å²) < 4.78 is 0. The zero-order valence-electron chi connectivity index (χ0n) is 21.0. The molecule has 1 heterocycles. The van der Waals surface area contributed by atoms with Gasteiger partial charge in [-0.3, -0.25) is 9.59 Å². The number of phenolic OH excluding ortho intramolecular Hbond substituents is 1. The van der Waals surface area contributed by atoms with Crippen molar-refractivity contribution in [1.82, 2.24) is 10.2 Å². The molecule has 3 aromatic carbocycles. The van der Waals surface area contributed by atoms with Crippen molar-refractivity contribution in [2.45, 2.75) is 13.0 Å². The van der Waals surface area contributed by atoms with Gasteiger partial charge in [-0.25, -0.2) is 0 Å². The summed E-state index contributed by atoms with van der Waals surface area (Å²) in [6.07, 6.45) is 4.11. The molecule has 4 aromatic rings. The second-order valence-corrected chi connectivity index (χ2v) is 9.87. The molecule has 0 aliphatic rings. The summed E-state index contributed by atoms with van der Waals surface area (Å²) in [5.74, 6) is -0.0505. The molecule has 194 valence electrons. The summed E-state index contributed by atoms with van der Waals surface area (Å²) in [5.41, 5.74) is 9.82. The van der Waals surface area contributed by atoms with E-state index in [1.54, 1.807) is 53.8 Å². The van der Waals surface area contributed by atoms with Gasteiger partial charge in [0, 0.05) is 42.7 Å². The minimum Gasteiger partial charge on any atom is -0.508 e. The maximum atomic E-state index is 13.2. The third kappa shape index (κ3) is 7.65. The van der Waals surface area contributed by atoms with Crippen molar-refractivity contribution in [3.63, 3.8) is 0 Å². The maximum absolute atomic E-state index is 13.2. The molecule has 38 heavy (non-hydrogen) atoms. The summed E-state index contributed by atoms with van der Waals surface area (Å²) in [7, 11) is 0. The lowest BCUT2D eigenvalue weighted by Gasteiger charge is -2.22. The maximum Gasteiger partial charge on any atom is 0.251 e. The average Bonchev–Trinajstić information content (AvgIpc) is 3.47. The Bertz CT molecular complexity index is 1380. The third-order valence-electron chi connectivity index (χ3n) is 6.02. The van der Waals surface area contributed by atoms with E-state index < -0.39 is 0 Å². The van der Waals surface area contributed by atoms with E-state index in [1.807, 2.05) is 52.7 Å². The molecule has 0 unspecified atom stereocenters. The highest BCUT2D eigenvalue weighted by atomic mass is 32.1. The number of rotatable bonds is 11. The average molecular weight is 526 g/mol. The number of hydrogen-bond acceptors (Lipinski definition) is 5. The number of thiophene rings is 1. The van der Waals surface area contributed by atoms with Gasteiger partial charge in [-0.2, -0.15) is 0 Å². The monoisotopic (exact) mass is 525 g/mol. The van der Waals surface area contributed by atoms with Crippen LogP contribution < -0.4 is 11.1 Å². The van der Waals surface area contributed by atoms with Gasteiger partial charge in [-0.1, -0.05) is 48.5 Å². The lowest BCUT2D eigenvalue weighted by Crippen LogP contribution is -2.31. The van der Waals surface area contributed by atoms with E-state index >= 15 is 0 Å². The molecule has 2 amide bonds. The normalized spacial score (nSPS) is 11.0. The first-order valence-electron chi connectivity index (χ1n) is 12.5. The SMILES string of the molecule is NCCNC(=O)c1cccc(-c2cccc(CN(CCc3cccs3)C(=O)/C=C/c3ccc(O)cc3)c2)c1. The van der Waals surface area contributed by atoms with Gasteiger partial charge in [-0.15, -0.1) is 11.3 Å². The highest BCUT2D eigenvalue weighted by molar-refractivity contribution is 7.09. The van der Waals surface area contributed by atoms with Crippen molar-refractivity contribution in [1.29, 1.82) is 0 Å². The molecule has 0 bridgehead atoms. The van der Waals surface area contributed by atoms with Crippen LogP contribution in [0, 0.1) is 0 Å². The Hall–Kier alpha value is -4.20. The molecule has 0 radical (unpaired) electrons. The minimum atomic E-state index is -0.154. The van der Waals surface area contributed by atoms with Crippen LogP contribution in [0.5, 0.6) is 5.75 Å². The molecule has 0 aliphatic heterocycles. The number of carbonyl (C=O) groups excluding carboxylic acids is 2. The fourth-order valence-electron chi connectivity index (χ4n) is 4.02. The first-order valence-corrected chi connectivity index (χ1v) is 13.4. The molecule has 4 rings (SSSR count). The first-order chi connectivity index (χ1) is 18.5. The van der Waals surface area contributed by atoms with Crippen LogP contribution in [0.3, 0.4) is 0 Å². The fraction of sp³-hybridized carbons (Fsp3) is 0.161. The quantitative estimate of drug-likeness (QED) is 0.238. The summed E-state index contributed by atoms with van der Waals surface area (Å²) in [6.45, 7) is 1.85. The van der Waals surface area contributed by atoms with Crippen molar-refractivity contribution in [3.8, 4) is 16.9 Å². The van der Waals surface area contributed by atoms with Crippen LogP contribution >= 0.6 is 11.3 Å². The largest absolute Gasteiger partial charge is 0.508 e. The molecule has 0 spiro atoms. The van der Waals surface area contributed by atoms with Crippen molar-refractivity contribution in [2.75, 3.05) is 19.6 Å². The van der Waals surface area contributed by atoms with Crippen molar-refractivity contribution >= 4 is 29.2 Å². The van der Waals surface area contributed by atoms with Gasteiger partial charge in [0.25, 0.3) is 5.91 Å². The summed E-state index contributed by atoms with van der Waals surface area (Å²) in [4.78, 5) is 28.7. The molecular formula is C31H31N3O3S. The molecule has 0 saturated heterocycles. The molecule has 0 saturated carbocycles. The Labute approximate surface area is 227 Å². The molecule has 6 nitrogen and oxygen atoms in total. The standard InChI is InChI=1S/C31H31N3O3S/c32-16-17-33-31(37)27-7-2-6-26(21-27)25-5-1-4-24(20-25)22-34(18-15-29-8-3-19-38-29)30(36)14-11-23-9-12-28(35)13-10-23/h1-14,19-21,35H,15-18,22,32H2,(H,33,37)/b14-11+. The van der Waals surface area contributed by atoms with Crippen molar-refractivity contribution < 1.29 is 14.7 Å². The van der Waals surface area contributed by atoms with Crippen LogP contribution in [0.4, 0.5) is 0 Å². The number of phenols is 1. The topological polar surface area (TPSA) is 95.7 Å². The minimum absolute atomic E-state index is 0.0846. The summed E-state index contributed by atoms with van der Waals surface area (Å²) >= 11 is 1.68. The van der Waals surface area contributed by atoms with E-state index in [-0.39, 0.29) is 17.6 Å². The number of amides is 2. The lowest BCUT2D eigenvalue weighted by atomic mass is 10.0. The molecule has 7 heteroatoms. The Kier molecular flexibility index (Phi) is 9.45. The van der Waals surface area contributed by atoms with Gasteiger partial charge in [0.1, 0.15) is 5.75 Å². The highest BCUT2D eigenvalue weighted by Crippen LogP contribution is 2.23. The zero-order valence-corrected chi connectivity index (χ0v) is 21.9. The summed E-state index contributed by atoms with van der Waals surface area (Å²) in [6, 6.07) is 26.4. The van der Waals surface area contributed by atoms with Crippen LogP contribution in [-0.2, 0) is 17.8 Å². The Morgan fingerprint density at radius 3 is 2.45 bits per heavy atom. The third-order valence-corrected chi connectivity index (χ3v) is 6.96. The van der Waals surface area contributed by atoms with E-state index in [1.165, 1.54) is 4.88 Å². The van der Waals surface area contributed by atoms with Gasteiger partial charge < -0.3 is 21.1 Å². The number of hydrogen-bond donors (Lipinski definition) is 3. The van der Waals surface area contributed by atoms with Crippen LogP contribution in [0.15, 0.2) is 96.4 Å². The predicted octanol–water partition coefficient (Wildman–Crippen LogP) is 5.09. The van der Waals surface area contributed by atoms with Gasteiger partial charge in [-0.05, 0) is 76.5 Å². The number of carbonyl (C=O) groups is 2.